The molecule has 0 aliphatic heterocycles. The average molecular weight is 374 g/mol. The number of hydrogen-bond acceptors (Lipinski definition) is 2. The molecule has 2 nitrogen and oxygen atoms in total. The normalized spacial score (nSPS) is 11.5. The predicted octanol–water partition coefficient (Wildman–Crippen LogP) is 3.85. The molecule has 19 heavy (non-hydrogen) atoms. The van der Waals surface area contributed by atoms with E-state index in [-0.39, 0.29) is 0 Å². The largest absolute Gasteiger partial charge is 0.304 e. The molecule has 0 unspecified atom stereocenters. The number of rotatable bonds is 9. The first-order valence-corrected chi connectivity index (χ1v) is 8.46. The van der Waals surface area contributed by atoms with Crippen LogP contribution in [-0.2, 0) is 6.54 Å². The third-order valence-corrected chi connectivity index (χ3v) is 4.33. The van der Waals surface area contributed by atoms with Crippen LogP contribution in [0, 0.1) is 3.57 Å². The smallest absolute Gasteiger partial charge is 0.0233 e. The van der Waals surface area contributed by atoms with Gasteiger partial charge in [-0.3, -0.25) is 4.90 Å². The quantitative estimate of drug-likeness (QED) is 0.606. The number of nitrogens with zero attached hydrogens (tertiary/aromatic N) is 2. The molecule has 0 atom stereocenters. The Morgan fingerprint density at radius 2 is 1.37 bits per heavy atom. The van der Waals surface area contributed by atoms with Crippen molar-refractivity contribution in [3.05, 3.63) is 33.4 Å². The Hall–Kier alpha value is -0.130. The van der Waals surface area contributed by atoms with Gasteiger partial charge in [-0.15, -0.1) is 0 Å². The van der Waals surface area contributed by atoms with E-state index in [4.69, 9.17) is 0 Å². The summed E-state index contributed by atoms with van der Waals surface area (Å²) in [6.07, 6.45) is 1.26. The summed E-state index contributed by atoms with van der Waals surface area (Å²) in [5.41, 5.74) is 1.42. The molecule has 3 heteroatoms. The maximum atomic E-state index is 2.53. The van der Waals surface area contributed by atoms with Crippen LogP contribution in [0.1, 0.15) is 32.8 Å². The van der Waals surface area contributed by atoms with Gasteiger partial charge in [-0.05, 0) is 79.4 Å². The third-order valence-electron chi connectivity index (χ3n) is 3.61. The lowest BCUT2D eigenvalue weighted by Gasteiger charge is -2.23. The van der Waals surface area contributed by atoms with E-state index in [9.17, 15) is 0 Å². The van der Waals surface area contributed by atoms with Gasteiger partial charge in [0.25, 0.3) is 0 Å². The van der Waals surface area contributed by atoms with Crippen LogP contribution in [0.2, 0.25) is 0 Å². The van der Waals surface area contributed by atoms with E-state index in [0.29, 0.717) is 0 Å². The molecule has 0 aliphatic rings. The van der Waals surface area contributed by atoms with E-state index in [1.165, 1.54) is 41.7 Å². The summed E-state index contributed by atoms with van der Waals surface area (Å²) in [6, 6.07) is 8.88. The van der Waals surface area contributed by atoms with Gasteiger partial charge in [-0.1, -0.05) is 32.9 Å². The second kappa shape index (κ2) is 9.72. The van der Waals surface area contributed by atoms with Crippen LogP contribution in [-0.4, -0.2) is 42.5 Å². The molecule has 0 heterocycles. The molecule has 0 fully saturated rings. The first-order valence-electron chi connectivity index (χ1n) is 7.38. The Bertz CT molecular complexity index is 333. The maximum absolute atomic E-state index is 2.53. The molecule has 0 saturated carbocycles. The summed E-state index contributed by atoms with van der Waals surface area (Å²) in [4.78, 5) is 5.03. The van der Waals surface area contributed by atoms with Crippen molar-refractivity contribution < 1.29 is 0 Å². The summed E-state index contributed by atoms with van der Waals surface area (Å²) >= 11 is 2.36. The van der Waals surface area contributed by atoms with Crippen LogP contribution in [0.25, 0.3) is 0 Å². The molecule has 0 aromatic heterocycles. The van der Waals surface area contributed by atoms with Crippen LogP contribution in [0.15, 0.2) is 24.3 Å². The summed E-state index contributed by atoms with van der Waals surface area (Å²) in [6.45, 7) is 13.7. The van der Waals surface area contributed by atoms with Gasteiger partial charge in [0.2, 0.25) is 0 Å². The van der Waals surface area contributed by atoms with Crippen molar-refractivity contribution in [1.82, 2.24) is 9.80 Å². The Morgan fingerprint density at radius 3 is 1.89 bits per heavy atom. The van der Waals surface area contributed by atoms with Crippen molar-refractivity contribution in [3.8, 4) is 0 Å². The lowest BCUT2D eigenvalue weighted by molar-refractivity contribution is 0.238. The van der Waals surface area contributed by atoms with Gasteiger partial charge in [0.15, 0.2) is 0 Å². The van der Waals surface area contributed by atoms with Gasteiger partial charge in [0.1, 0.15) is 0 Å². The highest BCUT2D eigenvalue weighted by atomic mass is 127. The maximum Gasteiger partial charge on any atom is 0.0233 e. The van der Waals surface area contributed by atoms with Crippen LogP contribution in [0.3, 0.4) is 0 Å². The van der Waals surface area contributed by atoms with Gasteiger partial charge in [0.05, 0.1) is 0 Å². The van der Waals surface area contributed by atoms with Gasteiger partial charge in [0, 0.05) is 10.1 Å². The van der Waals surface area contributed by atoms with Crippen LogP contribution >= 0.6 is 22.6 Å². The fourth-order valence-electron chi connectivity index (χ4n) is 2.25. The van der Waals surface area contributed by atoms with Crippen LogP contribution < -0.4 is 0 Å². The van der Waals surface area contributed by atoms with E-state index >= 15 is 0 Å². The minimum Gasteiger partial charge on any atom is -0.304 e. The topological polar surface area (TPSA) is 6.48 Å². The van der Waals surface area contributed by atoms with E-state index < -0.39 is 0 Å². The zero-order valence-electron chi connectivity index (χ0n) is 12.5. The zero-order chi connectivity index (χ0) is 14.1. The summed E-state index contributed by atoms with van der Waals surface area (Å²) in [7, 11) is 0. The highest BCUT2D eigenvalue weighted by Crippen LogP contribution is 2.09. The number of halogens is 1. The molecule has 0 bridgehead atoms. The van der Waals surface area contributed by atoms with Crippen LogP contribution in [0.5, 0.6) is 0 Å². The molecule has 108 valence electrons. The average Bonchev–Trinajstić information content (AvgIpc) is 2.44. The minimum atomic E-state index is 1.08. The molecular weight excluding hydrogens is 347 g/mol. The van der Waals surface area contributed by atoms with E-state index in [0.717, 1.165) is 13.1 Å². The molecule has 1 rings (SSSR count). The molecule has 0 aliphatic carbocycles. The second-order valence-electron chi connectivity index (χ2n) is 4.88. The van der Waals surface area contributed by atoms with Crippen molar-refractivity contribution in [2.75, 3.05) is 32.7 Å². The van der Waals surface area contributed by atoms with E-state index in [1.54, 1.807) is 0 Å². The van der Waals surface area contributed by atoms with E-state index in [1.807, 2.05) is 0 Å². The molecule has 1 aromatic carbocycles. The van der Waals surface area contributed by atoms with Gasteiger partial charge < -0.3 is 4.90 Å². The standard InChI is InChI=1S/C16H27IN2/c1-4-18(5-2)12-7-13-19(6-3)14-15-8-10-16(17)11-9-15/h8-11H,4-7,12-14H2,1-3H3. The highest BCUT2D eigenvalue weighted by Gasteiger charge is 2.05. The highest BCUT2D eigenvalue weighted by molar-refractivity contribution is 14.1. The Morgan fingerprint density at radius 1 is 0.842 bits per heavy atom. The Kier molecular flexibility index (Phi) is 8.66. The molecular formula is C16H27IN2. The van der Waals surface area contributed by atoms with Crippen LogP contribution in [0.4, 0.5) is 0 Å². The molecule has 0 saturated heterocycles. The zero-order valence-corrected chi connectivity index (χ0v) is 14.7. The fourth-order valence-corrected chi connectivity index (χ4v) is 2.61. The van der Waals surface area contributed by atoms with Gasteiger partial charge in [-0.2, -0.15) is 0 Å². The Balaban J connectivity index is 2.35. The fraction of sp³-hybridized carbons (Fsp3) is 0.625. The van der Waals surface area contributed by atoms with E-state index in [2.05, 4.69) is 77.4 Å². The summed E-state index contributed by atoms with van der Waals surface area (Å²) in [5.74, 6) is 0. The van der Waals surface area contributed by atoms with Gasteiger partial charge >= 0.3 is 0 Å². The summed E-state index contributed by atoms with van der Waals surface area (Å²) < 4.78 is 1.31. The first-order chi connectivity index (χ1) is 9.19. The lowest BCUT2D eigenvalue weighted by atomic mass is 10.2. The Labute approximate surface area is 132 Å². The second-order valence-corrected chi connectivity index (χ2v) is 6.12. The van der Waals surface area contributed by atoms with Crippen molar-refractivity contribution in [3.63, 3.8) is 0 Å². The summed E-state index contributed by atoms with van der Waals surface area (Å²) in [5, 5.41) is 0. The predicted molar refractivity (Wildman–Crippen MR) is 92.5 cm³/mol. The van der Waals surface area contributed by atoms with Crippen molar-refractivity contribution >= 4 is 22.6 Å². The molecule has 0 radical (unpaired) electrons. The monoisotopic (exact) mass is 374 g/mol. The first kappa shape index (κ1) is 16.9. The third kappa shape index (κ3) is 6.72. The van der Waals surface area contributed by atoms with Crippen molar-refractivity contribution in [1.29, 1.82) is 0 Å². The minimum absolute atomic E-state index is 1.08. The lowest BCUT2D eigenvalue weighted by Crippen LogP contribution is -2.29. The van der Waals surface area contributed by atoms with Crippen molar-refractivity contribution in [2.24, 2.45) is 0 Å². The van der Waals surface area contributed by atoms with Gasteiger partial charge in [-0.25, -0.2) is 0 Å². The van der Waals surface area contributed by atoms with Crippen molar-refractivity contribution in [2.45, 2.75) is 33.7 Å². The molecule has 0 N–H and O–H groups in total. The molecule has 0 amide bonds. The number of benzene rings is 1. The number of hydrogen-bond donors (Lipinski definition) is 0. The molecule has 1 aromatic rings. The SMILES string of the molecule is CCN(CC)CCCN(CC)Cc1ccc(I)cc1. The molecule has 0 spiro atoms.